The number of hydrogen-bond acceptors (Lipinski definition) is 2. The molecule has 0 aliphatic heterocycles. The third kappa shape index (κ3) is 16.5. The van der Waals surface area contributed by atoms with Crippen LogP contribution >= 0.6 is 0 Å². The van der Waals surface area contributed by atoms with Crippen LogP contribution in [0.2, 0.25) is 12.1 Å². The maximum absolute atomic E-state index is 6.22. The zero-order chi connectivity index (χ0) is 16.5. The summed E-state index contributed by atoms with van der Waals surface area (Å²) < 4.78 is 6.22. The molecule has 0 radical (unpaired) electrons. The first-order valence-electron chi connectivity index (χ1n) is 9.97. The van der Waals surface area contributed by atoms with E-state index in [0.29, 0.717) is 0 Å². The Morgan fingerprint density at radius 1 is 0.636 bits per heavy atom. The summed E-state index contributed by atoms with van der Waals surface area (Å²) in [5.74, 6) is 0. The Bertz CT molecular complexity index is 196. The van der Waals surface area contributed by atoms with Gasteiger partial charge >= 0.3 is 0 Å². The molecule has 0 aromatic rings. The first kappa shape index (κ1) is 22.1. The lowest BCUT2D eigenvalue weighted by molar-refractivity contribution is 0.177. The number of hydrogen-bond donors (Lipinski definition) is 0. The van der Waals surface area contributed by atoms with Crippen molar-refractivity contribution in [1.82, 2.24) is 4.90 Å². The maximum atomic E-state index is 6.22. The molecule has 0 unspecified atom stereocenters. The molecule has 0 rings (SSSR count). The molecule has 0 aliphatic carbocycles. The van der Waals surface area contributed by atoms with Gasteiger partial charge in [0.2, 0.25) is 0 Å². The van der Waals surface area contributed by atoms with Gasteiger partial charge in [0.25, 0.3) is 0 Å². The molecule has 0 fully saturated rings. The van der Waals surface area contributed by atoms with Crippen LogP contribution in [0.3, 0.4) is 0 Å². The third-order valence-corrected chi connectivity index (χ3v) is 7.05. The van der Waals surface area contributed by atoms with Gasteiger partial charge in [0.1, 0.15) is 0 Å². The van der Waals surface area contributed by atoms with Crippen molar-refractivity contribution in [2.24, 2.45) is 0 Å². The van der Waals surface area contributed by atoms with Crippen molar-refractivity contribution in [3.05, 3.63) is 0 Å². The SMILES string of the molecule is CCCCCCCC[SiH](CCCCCCCC)OCN(C)C. The van der Waals surface area contributed by atoms with Crippen LogP contribution in [0.15, 0.2) is 0 Å². The Morgan fingerprint density at radius 3 is 1.45 bits per heavy atom. The van der Waals surface area contributed by atoms with E-state index in [9.17, 15) is 0 Å². The van der Waals surface area contributed by atoms with Crippen LogP contribution in [-0.4, -0.2) is 34.8 Å². The molecule has 0 bridgehead atoms. The fraction of sp³-hybridized carbons (Fsp3) is 1.00. The summed E-state index contributed by atoms with van der Waals surface area (Å²) in [5.41, 5.74) is 0. The zero-order valence-corrected chi connectivity index (χ0v) is 17.2. The van der Waals surface area contributed by atoms with Gasteiger partial charge in [-0.2, -0.15) is 0 Å². The van der Waals surface area contributed by atoms with E-state index >= 15 is 0 Å². The molecular weight excluding hydrogens is 286 g/mol. The molecule has 0 saturated carbocycles. The highest BCUT2D eigenvalue weighted by atomic mass is 28.3. The van der Waals surface area contributed by atoms with Crippen LogP contribution in [0.1, 0.15) is 90.9 Å². The van der Waals surface area contributed by atoms with Crippen molar-refractivity contribution in [2.75, 3.05) is 20.8 Å². The van der Waals surface area contributed by atoms with Gasteiger partial charge in [0.05, 0.1) is 6.73 Å². The molecule has 3 heteroatoms. The van der Waals surface area contributed by atoms with Gasteiger partial charge in [0, 0.05) is 0 Å². The van der Waals surface area contributed by atoms with E-state index in [1.807, 2.05) is 0 Å². The second kappa shape index (κ2) is 17.5. The van der Waals surface area contributed by atoms with Gasteiger partial charge < -0.3 is 4.43 Å². The Labute approximate surface area is 142 Å². The Kier molecular flexibility index (Phi) is 17.6. The van der Waals surface area contributed by atoms with Crippen LogP contribution in [-0.2, 0) is 4.43 Å². The summed E-state index contributed by atoms with van der Waals surface area (Å²) in [5, 5.41) is 0. The first-order valence-corrected chi connectivity index (χ1v) is 12.1. The molecule has 0 atom stereocenters. The quantitative estimate of drug-likeness (QED) is 0.185. The predicted octanol–water partition coefficient (Wildman–Crippen LogP) is 5.97. The van der Waals surface area contributed by atoms with Crippen molar-refractivity contribution >= 4 is 9.04 Å². The minimum absolute atomic E-state index is 0.836. The van der Waals surface area contributed by atoms with E-state index in [4.69, 9.17) is 4.43 Å². The molecule has 0 spiro atoms. The third-order valence-electron chi connectivity index (χ3n) is 4.33. The molecule has 0 aliphatic rings. The van der Waals surface area contributed by atoms with Gasteiger partial charge in [-0.05, 0) is 26.2 Å². The van der Waals surface area contributed by atoms with Gasteiger partial charge in [-0.15, -0.1) is 0 Å². The van der Waals surface area contributed by atoms with Crippen molar-refractivity contribution in [3.8, 4) is 0 Å². The molecule has 0 N–H and O–H groups in total. The number of rotatable bonds is 17. The predicted molar refractivity (Wildman–Crippen MR) is 103 cm³/mol. The van der Waals surface area contributed by atoms with Crippen LogP contribution < -0.4 is 0 Å². The van der Waals surface area contributed by atoms with Crippen LogP contribution in [0.25, 0.3) is 0 Å². The average molecular weight is 330 g/mol. The van der Waals surface area contributed by atoms with E-state index < -0.39 is 9.04 Å². The van der Waals surface area contributed by atoms with E-state index in [0.717, 1.165) is 6.73 Å². The smallest absolute Gasteiger partial charge is 0.178 e. The summed E-state index contributed by atoms with van der Waals surface area (Å²) in [4.78, 5) is 2.17. The van der Waals surface area contributed by atoms with Crippen molar-refractivity contribution in [2.45, 2.75) is 103 Å². The van der Waals surface area contributed by atoms with Crippen LogP contribution in [0.5, 0.6) is 0 Å². The summed E-state index contributed by atoms with van der Waals surface area (Å²) in [6.45, 7) is 5.42. The fourth-order valence-corrected chi connectivity index (χ4v) is 5.49. The summed E-state index contributed by atoms with van der Waals surface area (Å²) in [6.07, 6.45) is 16.9. The molecule has 2 nitrogen and oxygen atoms in total. The van der Waals surface area contributed by atoms with Crippen LogP contribution in [0.4, 0.5) is 0 Å². The lowest BCUT2D eigenvalue weighted by Crippen LogP contribution is -2.25. The average Bonchev–Trinajstić information content (AvgIpc) is 2.50. The summed E-state index contributed by atoms with van der Waals surface area (Å²) in [7, 11) is 3.27. The maximum Gasteiger partial charge on any atom is 0.178 e. The fourth-order valence-electron chi connectivity index (χ4n) is 2.87. The molecular formula is C19H43NOSi. The first-order chi connectivity index (χ1) is 10.7. The molecule has 0 aromatic carbocycles. The minimum Gasteiger partial charge on any atom is -0.407 e. The lowest BCUT2D eigenvalue weighted by Gasteiger charge is -2.19. The highest BCUT2D eigenvalue weighted by Crippen LogP contribution is 2.16. The molecule has 134 valence electrons. The molecule has 0 heterocycles. The van der Waals surface area contributed by atoms with E-state index in [-0.39, 0.29) is 0 Å². The van der Waals surface area contributed by atoms with Gasteiger partial charge in [-0.1, -0.05) is 90.9 Å². The molecule has 0 saturated heterocycles. The Morgan fingerprint density at radius 2 is 1.05 bits per heavy atom. The Balaban J connectivity index is 3.70. The standard InChI is InChI=1S/C19H43NOSi/c1-5-7-9-11-13-15-17-22(21-19-20(3)4)18-16-14-12-10-8-6-2/h22H,5-19H2,1-4H3. The van der Waals surface area contributed by atoms with Gasteiger partial charge in [0.15, 0.2) is 9.04 Å². The largest absolute Gasteiger partial charge is 0.407 e. The van der Waals surface area contributed by atoms with E-state index in [1.165, 1.54) is 89.1 Å². The van der Waals surface area contributed by atoms with Crippen LogP contribution in [0, 0.1) is 0 Å². The Hall–Kier alpha value is 0.137. The van der Waals surface area contributed by atoms with Crippen molar-refractivity contribution in [1.29, 1.82) is 0 Å². The topological polar surface area (TPSA) is 12.5 Å². The van der Waals surface area contributed by atoms with E-state index in [1.54, 1.807) is 0 Å². The second-order valence-electron chi connectivity index (χ2n) is 7.11. The van der Waals surface area contributed by atoms with Crippen molar-refractivity contribution in [3.63, 3.8) is 0 Å². The molecule has 22 heavy (non-hydrogen) atoms. The highest BCUT2D eigenvalue weighted by Gasteiger charge is 2.12. The lowest BCUT2D eigenvalue weighted by atomic mass is 10.1. The monoisotopic (exact) mass is 329 g/mol. The highest BCUT2D eigenvalue weighted by molar-refractivity contribution is 6.51. The zero-order valence-electron chi connectivity index (χ0n) is 16.0. The molecule has 0 aromatic heterocycles. The second-order valence-corrected chi connectivity index (χ2v) is 9.84. The summed E-state index contributed by atoms with van der Waals surface area (Å²) >= 11 is 0. The van der Waals surface area contributed by atoms with E-state index in [2.05, 4.69) is 32.8 Å². The number of nitrogens with zero attached hydrogens (tertiary/aromatic N) is 1. The van der Waals surface area contributed by atoms with Gasteiger partial charge in [-0.25, -0.2) is 0 Å². The number of unbranched alkanes of at least 4 members (excludes halogenated alkanes) is 10. The summed E-state index contributed by atoms with van der Waals surface area (Å²) in [6, 6.07) is 2.80. The molecule has 0 amide bonds. The van der Waals surface area contributed by atoms with Crippen molar-refractivity contribution < 1.29 is 4.43 Å². The van der Waals surface area contributed by atoms with Gasteiger partial charge in [-0.3, -0.25) is 4.90 Å². The normalized spacial score (nSPS) is 11.7. The minimum atomic E-state index is -0.949.